The third-order valence-electron chi connectivity index (χ3n) is 7.57. The molecule has 3 rings (SSSR count). The van der Waals surface area contributed by atoms with Crippen LogP contribution in [0.2, 0.25) is 0 Å². The number of fused-ring (bicyclic) bond motifs is 1. The number of ether oxygens (including phenoxy) is 6. The molecular weight excluding hydrogens is 556 g/mol. The van der Waals surface area contributed by atoms with E-state index < -0.39 is 29.7 Å². The fourth-order valence-corrected chi connectivity index (χ4v) is 5.38. The molecule has 2 aromatic carbocycles. The summed E-state index contributed by atoms with van der Waals surface area (Å²) >= 11 is 0. The average Bonchev–Trinajstić information content (AvgIpc) is 3.01. The Morgan fingerprint density at radius 1 is 0.767 bits per heavy atom. The molecule has 1 aliphatic rings. The molecule has 0 aliphatic heterocycles. The molecule has 0 spiro atoms. The zero-order valence-corrected chi connectivity index (χ0v) is 26.6. The quantitative estimate of drug-likeness (QED) is 0.194. The number of rotatable bonds is 14. The Morgan fingerprint density at radius 3 is 1.81 bits per heavy atom. The number of Topliss-reactive ketones (excluding diaryl/α,β-unsaturated/α-hetero) is 1. The van der Waals surface area contributed by atoms with Gasteiger partial charge in [-0.25, -0.2) is 0 Å². The summed E-state index contributed by atoms with van der Waals surface area (Å²) in [4.78, 5) is 36.5. The van der Waals surface area contributed by atoms with Crippen molar-refractivity contribution in [3.63, 3.8) is 0 Å². The maximum Gasteiger partial charge on any atom is 0.310 e. The molecular formula is C33H46O10. The van der Waals surface area contributed by atoms with Gasteiger partial charge in [0.1, 0.15) is 0 Å². The summed E-state index contributed by atoms with van der Waals surface area (Å²) in [6, 6.07) is 7.00. The predicted molar refractivity (Wildman–Crippen MR) is 162 cm³/mol. The minimum atomic E-state index is -0.758. The molecule has 3 unspecified atom stereocenters. The van der Waals surface area contributed by atoms with E-state index in [2.05, 4.69) is 6.92 Å². The number of carboxylic acids is 1. The van der Waals surface area contributed by atoms with Crippen LogP contribution in [0.25, 0.3) is 0 Å². The molecule has 1 N–H and O–H groups in total. The van der Waals surface area contributed by atoms with Crippen LogP contribution >= 0.6 is 0 Å². The van der Waals surface area contributed by atoms with Gasteiger partial charge in [0, 0.05) is 23.8 Å². The lowest BCUT2D eigenvalue weighted by molar-refractivity contribution is -0.150. The van der Waals surface area contributed by atoms with E-state index in [-0.39, 0.29) is 12.4 Å². The Bertz CT molecular complexity index is 1210. The number of benzene rings is 2. The van der Waals surface area contributed by atoms with E-state index in [1.165, 1.54) is 54.8 Å². The molecule has 0 saturated heterocycles. The monoisotopic (exact) mass is 602 g/mol. The number of carbonyl (C=O) groups excluding carboxylic acids is 2. The maximum absolute atomic E-state index is 13.4. The van der Waals surface area contributed by atoms with Crippen LogP contribution in [-0.4, -0.2) is 65.0 Å². The summed E-state index contributed by atoms with van der Waals surface area (Å²) in [5, 5.41) is 8.27. The zero-order valence-electron chi connectivity index (χ0n) is 26.6. The molecule has 0 amide bonds. The van der Waals surface area contributed by atoms with Crippen LogP contribution in [-0.2, 0) is 14.3 Å². The molecule has 3 atom stereocenters. The van der Waals surface area contributed by atoms with Crippen LogP contribution in [0.3, 0.4) is 0 Å². The van der Waals surface area contributed by atoms with Crippen LogP contribution in [0, 0.1) is 11.8 Å². The Balaban J connectivity index is 0.000000553. The summed E-state index contributed by atoms with van der Waals surface area (Å²) in [7, 11) is 7.61. The van der Waals surface area contributed by atoms with Crippen molar-refractivity contribution >= 4 is 17.7 Å². The van der Waals surface area contributed by atoms with Crippen molar-refractivity contribution in [2.75, 3.05) is 42.2 Å². The van der Waals surface area contributed by atoms with E-state index in [1.54, 1.807) is 38.1 Å². The van der Waals surface area contributed by atoms with Crippen molar-refractivity contribution in [1.29, 1.82) is 0 Å². The van der Waals surface area contributed by atoms with Gasteiger partial charge in [-0.3, -0.25) is 14.4 Å². The van der Waals surface area contributed by atoms with E-state index in [4.69, 9.17) is 33.5 Å². The lowest BCUT2D eigenvalue weighted by atomic mass is 9.66. The van der Waals surface area contributed by atoms with Crippen LogP contribution in [0.4, 0.5) is 0 Å². The van der Waals surface area contributed by atoms with Crippen LogP contribution < -0.4 is 23.7 Å². The summed E-state index contributed by atoms with van der Waals surface area (Å²) < 4.78 is 32.8. The largest absolute Gasteiger partial charge is 0.493 e. The van der Waals surface area contributed by atoms with Crippen LogP contribution in [0.15, 0.2) is 24.3 Å². The SMILES string of the molecule is CCCCCCCC(=O)O.CCOC(=O)C1C(C)C(=O)c2cc(OC)c(OC)cc2C1c1cc(OC)c(OC)c(OC)c1. The second-order valence-electron chi connectivity index (χ2n) is 10.2. The van der Waals surface area contributed by atoms with Crippen molar-refractivity contribution in [1.82, 2.24) is 0 Å². The first-order valence-corrected chi connectivity index (χ1v) is 14.6. The predicted octanol–water partition coefficient (Wildman–Crippen LogP) is 6.30. The minimum absolute atomic E-state index is 0.160. The normalized spacial score (nSPS) is 17.1. The molecule has 1 aliphatic carbocycles. The highest BCUT2D eigenvalue weighted by molar-refractivity contribution is 6.04. The van der Waals surface area contributed by atoms with Crippen LogP contribution in [0.1, 0.15) is 86.7 Å². The van der Waals surface area contributed by atoms with Crippen molar-refractivity contribution in [2.24, 2.45) is 11.8 Å². The molecule has 0 heterocycles. The zero-order chi connectivity index (χ0) is 32.1. The van der Waals surface area contributed by atoms with Crippen molar-refractivity contribution in [2.45, 2.75) is 65.2 Å². The first-order chi connectivity index (χ1) is 20.6. The highest BCUT2D eigenvalue weighted by Gasteiger charge is 2.46. The molecule has 2 aromatic rings. The Hall–Kier alpha value is -3.95. The summed E-state index contributed by atoms with van der Waals surface area (Å²) in [6.45, 7) is 5.84. The van der Waals surface area contributed by atoms with Gasteiger partial charge in [-0.15, -0.1) is 0 Å². The lowest BCUT2D eigenvalue weighted by Crippen LogP contribution is -2.39. The summed E-state index contributed by atoms with van der Waals surface area (Å²) in [5.41, 5.74) is 1.83. The summed E-state index contributed by atoms with van der Waals surface area (Å²) in [6.07, 6.45) is 5.88. The Labute approximate surface area is 254 Å². The molecule has 10 nitrogen and oxygen atoms in total. The Kier molecular flexibility index (Phi) is 14.1. The molecule has 0 fully saturated rings. The third-order valence-corrected chi connectivity index (χ3v) is 7.57. The first kappa shape index (κ1) is 35.2. The van der Waals surface area contributed by atoms with Gasteiger partial charge >= 0.3 is 11.9 Å². The Morgan fingerprint density at radius 2 is 1.33 bits per heavy atom. The van der Waals surface area contributed by atoms with Gasteiger partial charge in [0.25, 0.3) is 0 Å². The standard InChI is InChI=1S/C25H30O8.C8H16O2/c1-8-33-25(27)21-13(2)23(26)16-12-18(29-4)17(28-3)11-15(16)22(21)14-9-19(30-5)24(32-7)20(10-14)31-6;1-2-3-4-5-6-7-8(9)10/h9-13,21-22H,8H2,1-7H3;2-7H2,1H3,(H,9,10). The fourth-order valence-electron chi connectivity index (χ4n) is 5.38. The second-order valence-corrected chi connectivity index (χ2v) is 10.2. The third kappa shape index (κ3) is 8.55. The van der Waals surface area contributed by atoms with Gasteiger partial charge in [-0.1, -0.05) is 39.5 Å². The molecule has 0 radical (unpaired) electrons. The average molecular weight is 603 g/mol. The topological polar surface area (TPSA) is 127 Å². The van der Waals surface area contributed by atoms with Gasteiger partial charge in [-0.05, 0) is 48.7 Å². The van der Waals surface area contributed by atoms with Gasteiger partial charge < -0.3 is 33.5 Å². The van der Waals surface area contributed by atoms with Gasteiger partial charge in [0.2, 0.25) is 5.75 Å². The highest BCUT2D eigenvalue weighted by Crippen LogP contribution is 2.50. The molecule has 43 heavy (non-hydrogen) atoms. The molecule has 0 aromatic heterocycles. The number of carbonyl (C=O) groups is 3. The second kappa shape index (κ2) is 17.2. The summed E-state index contributed by atoms with van der Waals surface area (Å²) in [5.74, 6) is -0.966. The van der Waals surface area contributed by atoms with Gasteiger partial charge in [0.05, 0.1) is 48.1 Å². The molecule has 0 bridgehead atoms. The number of aliphatic carboxylic acids is 1. The lowest BCUT2D eigenvalue weighted by Gasteiger charge is -2.36. The van der Waals surface area contributed by atoms with Gasteiger partial charge in [-0.2, -0.15) is 0 Å². The first-order valence-electron chi connectivity index (χ1n) is 14.6. The highest BCUT2D eigenvalue weighted by atomic mass is 16.5. The molecule has 238 valence electrons. The van der Waals surface area contributed by atoms with E-state index in [1.807, 2.05) is 0 Å². The van der Waals surface area contributed by atoms with E-state index in [9.17, 15) is 14.4 Å². The number of methoxy groups -OCH3 is 5. The smallest absolute Gasteiger partial charge is 0.310 e. The number of carboxylic acid groups (broad SMARTS) is 1. The van der Waals surface area contributed by atoms with Crippen LogP contribution in [0.5, 0.6) is 28.7 Å². The fraction of sp³-hybridized carbons (Fsp3) is 0.545. The number of unbranched alkanes of at least 4 members (excludes halogenated alkanes) is 4. The number of hydrogen-bond donors (Lipinski definition) is 1. The van der Waals surface area contributed by atoms with E-state index >= 15 is 0 Å². The maximum atomic E-state index is 13.4. The molecule has 10 heteroatoms. The van der Waals surface area contributed by atoms with Gasteiger partial charge in [0.15, 0.2) is 28.8 Å². The van der Waals surface area contributed by atoms with Crippen molar-refractivity contribution < 1.29 is 47.9 Å². The number of esters is 1. The van der Waals surface area contributed by atoms with E-state index in [0.717, 1.165) is 18.4 Å². The van der Waals surface area contributed by atoms with Crippen molar-refractivity contribution in [3.05, 3.63) is 41.0 Å². The van der Waals surface area contributed by atoms with Crippen molar-refractivity contribution in [3.8, 4) is 28.7 Å². The minimum Gasteiger partial charge on any atom is -0.493 e. The molecule has 0 saturated carbocycles. The number of ketones is 1. The number of hydrogen-bond acceptors (Lipinski definition) is 9. The van der Waals surface area contributed by atoms with E-state index in [0.29, 0.717) is 46.3 Å².